The van der Waals surface area contributed by atoms with E-state index in [1.54, 1.807) is 11.0 Å². The van der Waals surface area contributed by atoms with Crippen molar-refractivity contribution < 1.29 is 4.79 Å². The van der Waals surface area contributed by atoms with E-state index in [-0.39, 0.29) is 11.8 Å². The standard InChI is InChI=1S/C25H25N7O/c33-25(31(22-9-5-2-6-10-22)17-20-7-3-1-4-8-20)21-13-15-30(16-14-21)23-11-12-24(29-28-23)32-19-26-18-27-32/h1-12,18-19,21H,13-17H2. The highest BCUT2D eigenvalue weighted by Gasteiger charge is 2.30. The second kappa shape index (κ2) is 9.60. The van der Waals surface area contributed by atoms with Gasteiger partial charge in [-0.15, -0.1) is 10.2 Å². The largest absolute Gasteiger partial charge is 0.355 e. The van der Waals surface area contributed by atoms with E-state index in [1.807, 2.05) is 65.6 Å². The molecule has 33 heavy (non-hydrogen) atoms. The fraction of sp³-hybridized carbons (Fsp3) is 0.240. The van der Waals surface area contributed by atoms with Gasteiger partial charge in [-0.1, -0.05) is 48.5 Å². The lowest BCUT2D eigenvalue weighted by molar-refractivity contribution is -0.123. The molecule has 1 saturated heterocycles. The van der Waals surface area contributed by atoms with Crippen LogP contribution < -0.4 is 9.80 Å². The normalized spacial score (nSPS) is 14.2. The van der Waals surface area contributed by atoms with E-state index in [0.717, 1.165) is 43.0 Å². The van der Waals surface area contributed by atoms with Gasteiger partial charge >= 0.3 is 0 Å². The van der Waals surface area contributed by atoms with E-state index in [2.05, 4.69) is 37.3 Å². The Bertz CT molecular complexity index is 1160. The smallest absolute Gasteiger partial charge is 0.230 e. The molecule has 0 saturated carbocycles. The molecule has 0 atom stereocenters. The lowest BCUT2D eigenvalue weighted by atomic mass is 9.94. The van der Waals surface area contributed by atoms with Gasteiger partial charge in [-0.2, -0.15) is 5.10 Å². The molecule has 4 aromatic rings. The first-order valence-electron chi connectivity index (χ1n) is 11.1. The minimum absolute atomic E-state index is 0.0208. The van der Waals surface area contributed by atoms with Gasteiger partial charge in [0.15, 0.2) is 11.6 Å². The molecule has 0 unspecified atom stereocenters. The minimum atomic E-state index is -0.0208. The fourth-order valence-electron chi connectivity index (χ4n) is 4.18. The number of nitrogens with zero attached hydrogens (tertiary/aromatic N) is 7. The second-order valence-electron chi connectivity index (χ2n) is 8.10. The summed E-state index contributed by atoms with van der Waals surface area (Å²) in [6.07, 6.45) is 4.62. The third-order valence-corrected chi connectivity index (χ3v) is 5.98. The number of benzene rings is 2. The molecule has 3 heterocycles. The number of hydrogen-bond donors (Lipinski definition) is 0. The van der Waals surface area contributed by atoms with E-state index < -0.39 is 0 Å². The molecule has 1 amide bonds. The Morgan fingerprint density at radius 1 is 0.879 bits per heavy atom. The molecule has 5 rings (SSSR count). The lowest BCUT2D eigenvalue weighted by Gasteiger charge is -2.34. The van der Waals surface area contributed by atoms with Crippen LogP contribution in [0.25, 0.3) is 5.82 Å². The molecule has 8 nitrogen and oxygen atoms in total. The van der Waals surface area contributed by atoms with E-state index in [4.69, 9.17) is 0 Å². The maximum Gasteiger partial charge on any atom is 0.230 e. The summed E-state index contributed by atoms with van der Waals surface area (Å²) in [4.78, 5) is 21.6. The van der Waals surface area contributed by atoms with Gasteiger partial charge in [0.05, 0.1) is 6.54 Å². The number of rotatable bonds is 6. The molecule has 0 N–H and O–H groups in total. The highest BCUT2D eigenvalue weighted by Crippen LogP contribution is 2.27. The van der Waals surface area contributed by atoms with Gasteiger partial charge in [0, 0.05) is 24.7 Å². The first kappa shape index (κ1) is 20.8. The van der Waals surface area contributed by atoms with Crippen LogP contribution in [0.1, 0.15) is 18.4 Å². The molecule has 0 radical (unpaired) electrons. The molecule has 166 valence electrons. The Hall–Kier alpha value is -4.07. The third kappa shape index (κ3) is 4.74. The van der Waals surface area contributed by atoms with Crippen molar-refractivity contribution in [2.75, 3.05) is 22.9 Å². The van der Waals surface area contributed by atoms with Crippen LogP contribution in [-0.4, -0.2) is 44.0 Å². The van der Waals surface area contributed by atoms with Crippen LogP contribution in [0.4, 0.5) is 11.5 Å². The number of aromatic nitrogens is 5. The van der Waals surface area contributed by atoms with Crippen LogP contribution in [0, 0.1) is 5.92 Å². The Labute approximate surface area is 192 Å². The fourth-order valence-corrected chi connectivity index (χ4v) is 4.18. The molecule has 0 bridgehead atoms. The van der Waals surface area contributed by atoms with Crippen molar-refractivity contribution in [3.05, 3.63) is 91.0 Å². The average molecular weight is 440 g/mol. The van der Waals surface area contributed by atoms with Crippen molar-refractivity contribution in [2.24, 2.45) is 5.92 Å². The maximum absolute atomic E-state index is 13.6. The number of carbonyl (C=O) groups is 1. The molecule has 1 aliphatic heterocycles. The summed E-state index contributed by atoms with van der Waals surface area (Å²) in [5.41, 5.74) is 2.05. The monoisotopic (exact) mass is 439 g/mol. The second-order valence-corrected chi connectivity index (χ2v) is 8.10. The first-order valence-corrected chi connectivity index (χ1v) is 11.1. The summed E-state index contributed by atoms with van der Waals surface area (Å²) in [5.74, 6) is 1.60. The predicted molar refractivity (Wildman–Crippen MR) is 126 cm³/mol. The first-order chi connectivity index (χ1) is 16.3. The van der Waals surface area contributed by atoms with Gasteiger partial charge in [-0.3, -0.25) is 4.79 Å². The zero-order chi connectivity index (χ0) is 22.5. The quantitative estimate of drug-likeness (QED) is 0.457. The summed E-state index contributed by atoms with van der Waals surface area (Å²) in [5, 5.41) is 12.7. The van der Waals surface area contributed by atoms with Crippen molar-refractivity contribution in [1.29, 1.82) is 0 Å². The van der Waals surface area contributed by atoms with Crippen molar-refractivity contribution in [1.82, 2.24) is 25.0 Å². The van der Waals surface area contributed by atoms with Crippen molar-refractivity contribution in [3.8, 4) is 5.82 Å². The lowest BCUT2D eigenvalue weighted by Crippen LogP contribution is -2.42. The molecule has 1 aliphatic rings. The van der Waals surface area contributed by atoms with Crippen LogP contribution in [0.2, 0.25) is 0 Å². The summed E-state index contributed by atoms with van der Waals surface area (Å²) in [7, 11) is 0. The molecule has 8 heteroatoms. The summed E-state index contributed by atoms with van der Waals surface area (Å²) in [6, 6.07) is 23.9. The van der Waals surface area contributed by atoms with Crippen LogP contribution in [-0.2, 0) is 11.3 Å². The number of amides is 1. The van der Waals surface area contributed by atoms with Gasteiger partial charge in [0.1, 0.15) is 12.7 Å². The number of carbonyl (C=O) groups excluding carboxylic acids is 1. The SMILES string of the molecule is O=C(C1CCN(c2ccc(-n3cncn3)nn2)CC1)N(Cc1ccccc1)c1ccccc1. The van der Waals surface area contributed by atoms with Gasteiger partial charge in [-0.05, 0) is 42.7 Å². The molecule has 2 aromatic heterocycles. The zero-order valence-corrected chi connectivity index (χ0v) is 18.2. The number of hydrogen-bond acceptors (Lipinski definition) is 6. The van der Waals surface area contributed by atoms with Gasteiger partial charge in [0.2, 0.25) is 5.91 Å². The molecular formula is C25H25N7O. The third-order valence-electron chi connectivity index (χ3n) is 5.98. The minimum Gasteiger partial charge on any atom is -0.355 e. The molecule has 1 fully saturated rings. The molecular weight excluding hydrogens is 414 g/mol. The van der Waals surface area contributed by atoms with Gasteiger partial charge in [-0.25, -0.2) is 9.67 Å². The van der Waals surface area contributed by atoms with Crippen molar-refractivity contribution in [3.63, 3.8) is 0 Å². The number of piperidine rings is 1. The maximum atomic E-state index is 13.6. The summed E-state index contributed by atoms with van der Waals surface area (Å²) < 4.78 is 1.58. The zero-order valence-electron chi connectivity index (χ0n) is 18.2. The highest BCUT2D eigenvalue weighted by atomic mass is 16.2. The van der Waals surface area contributed by atoms with E-state index >= 15 is 0 Å². The van der Waals surface area contributed by atoms with Gasteiger partial charge in [0.25, 0.3) is 0 Å². The molecule has 0 aliphatic carbocycles. The van der Waals surface area contributed by atoms with Crippen molar-refractivity contribution in [2.45, 2.75) is 19.4 Å². The topological polar surface area (TPSA) is 80.0 Å². The summed E-state index contributed by atoms with van der Waals surface area (Å²) in [6.45, 7) is 2.10. The van der Waals surface area contributed by atoms with Crippen LogP contribution in [0.5, 0.6) is 0 Å². The van der Waals surface area contributed by atoms with Gasteiger partial charge < -0.3 is 9.80 Å². The van der Waals surface area contributed by atoms with Crippen LogP contribution in [0.15, 0.2) is 85.5 Å². The predicted octanol–water partition coefficient (Wildman–Crippen LogP) is 3.51. The van der Waals surface area contributed by atoms with E-state index in [0.29, 0.717) is 12.4 Å². The number of para-hydroxylation sites is 1. The Morgan fingerprint density at radius 2 is 1.55 bits per heavy atom. The Balaban J connectivity index is 1.26. The van der Waals surface area contributed by atoms with Crippen LogP contribution >= 0.6 is 0 Å². The van der Waals surface area contributed by atoms with E-state index in [1.165, 1.54) is 6.33 Å². The Kier molecular flexibility index (Phi) is 6.06. The Morgan fingerprint density at radius 3 is 2.18 bits per heavy atom. The highest BCUT2D eigenvalue weighted by molar-refractivity contribution is 5.95. The van der Waals surface area contributed by atoms with Crippen LogP contribution in [0.3, 0.4) is 0 Å². The molecule has 2 aromatic carbocycles. The average Bonchev–Trinajstić information content (AvgIpc) is 3.43. The number of anilines is 2. The van der Waals surface area contributed by atoms with E-state index in [9.17, 15) is 4.79 Å². The summed E-state index contributed by atoms with van der Waals surface area (Å²) >= 11 is 0. The van der Waals surface area contributed by atoms with Crippen molar-refractivity contribution >= 4 is 17.4 Å². The molecule has 0 spiro atoms.